The quantitative estimate of drug-likeness (QED) is 0.855. The summed E-state index contributed by atoms with van der Waals surface area (Å²) in [6.45, 7) is 0. The van der Waals surface area contributed by atoms with Gasteiger partial charge in [0.25, 0.3) is 0 Å². The van der Waals surface area contributed by atoms with Crippen LogP contribution in [0.4, 0.5) is 4.39 Å². The molecule has 1 aliphatic carbocycles. The molecule has 0 saturated heterocycles. The van der Waals surface area contributed by atoms with E-state index in [2.05, 4.69) is 14.7 Å². The van der Waals surface area contributed by atoms with Crippen molar-refractivity contribution in [3.05, 3.63) is 47.5 Å². The van der Waals surface area contributed by atoms with Gasteiger partial charge in [-0.3, -0.25) is 0 Å². The van der Waals surface area contributed by atoms with Crippen LogP contribution in [0, 0.1) is 5.82 Å². The van der Waals surface area contributed by atoms with Crippen LogP contribution >= 0.6 is 11.6 Å². The second-order valence-corrected chi connectivity index (χ2v) is 7.94. The molecule has 1 fully saturated rings. The second kappa shape index (κ2) is 7.63. The average Bonchev–Trinajstić information content (AvgIpc) is 2.60. The highest BCUT2D eigenvalue weighted by atomic mass is 35.5. The van der Waals surface area contributed by atoms with Gasteiger partial charge in [0.05, 0.1) is 9.92 Å². The molecule has 0 aliphatic heterocycles. The normalized spacial score (nSPS) is 21.0. The molecule has 2 aromatic rings. The molecule has 9 heteroatoms. The fourth-order valence-electron chi connectivity index (χ4n) is 2.73. The van der Waals surface area contributed by atoms with E-state index in [-0.39, 0.29) is 22.1 Å². The van der Waals surface area contributed by atoms with Gasteiger partial charge in [-0.1, -0.05) is 11.6 Å². The van der Waals surface area contributed by atoms with E-state index in [1.165, 1.54) is 6.07 Å². The first-order valence-corrected chi connectivity index (χ1v) is 9.71. The van der Waals surface area contributed by atoms with E-state index in [0.717, 1.165) is 12.1 Å². The summed E-state index contributed by atoms with van der Waals surface area (Å²) >= 11 is 5.66. The molecule has 0 unspecified atom stereocenters. The van der Waals surface area contributed by atoms with Gasteiger partial charge in [-0.05, 0) is 49.9 Å². The lowest BCUT2D eigenvalue weighted by atomic mass is 9.94. The highest BCUT2D eigenvalue weighted by Gasteiger charge is 2.27. The first-order valence-electron chi connectivity index (χ1n) is 7.85. The Bertz CT molecular complexity index is 828. The fraction of sp³-hybridized carbons (Fsp3) is 0.375. The van der Waals surface area contributed by atoms with Gasteiger partial charge in [0.2, 0.25) is 10.0 Å². The Morgan fingerprint density at radius 1 is 1.16 bits per heavy atom. The van der Waals surface area contributed by atoms with Gasteiger partial charge < -0.3 is 4.74 Å². The van der Waals surface area contributed by atoms with E-state index in [1.54, 1.807) is 18.5 Å². The first-order chi connectivity index (χ1) is 11.9. The molecule has 0 bridgehead atoms. The van der Waals surface area contributed by atoms with E-state index in [4.69, 9.17) is 16.3 Å². The fourth-order valence-corrected chi connectivity index (χ4v) is 4.30. The minimum atomic E-state index is -3.74. The number of sulfonamides is 1. The van der Waals surface area contributed by atoms with E-state index >= 15 is 0 Å². The van der Waals surface area contributed by atoms with Gasteiger partial charge in [0.1, 0.15) is 11.9 Å². The minimum absolute atomic E-state index is 0.0385. The lowest BCUT2D eigenvalue weighted by Crippen LogP contribution is -2.39. The largest absolute Gasteiger partial charge is 0.460 e. The van der Waals surface area contributed by atoms with Crippen molar-refractivity contribution in [1.29, 1.82) is 0 Å². The molecule has 6 nitrogen and oxygen atoms in total. The maximum absolute atomic E-state index is 13.2. The molecular formula is C16H17ClFN3O3S. The van der Waals surface area contributed by atoms with Crippen molar-refractivity contribution < 1.29 is 17.5 Å². The average molecular weight is 386 g/mol. The number of halogens is 2. The van der Waals surface area contributed by atoms with E-state index in [1.807, 2.05) is 0 Å². The first kappa shape index (κ1) is 18.0. The number of ether oxygens (including phenoxy) is 1. The van der Waals surface area contributed by atoms with Crippen LogP contribution in [0.2, 0.25) is 5.02 Å². The van der Waals surface area contributed by atoms with Crippen LogP contribution in [-0.2, 0) is 10.0 Å². The van der Waals surface area contributed by atoms with Gasteiger partial charge in [-0.25, -0.2) is 27.5 Å². The Hall–Kier alpha value is -1.77. The summed E-state index contributed by atoms with van der Waals surface area (Å²) < 4.78 is 46.3. The standard InChI is InChI=1S/C16H17ClFN3O3S/c17-14-10-13(6-7-15(14)18)25(22,23)21-11-2-4-12(5-3-11)24-16-19-8-1-9-20-16/h1,6-12,21H,2-5H2. The van der Waals surface area contributed by atoms with Crippen molar-refractivity contribution in [2.24, 2.45) is 0 Å². The molecule has 25 heavy (non-hydrogen) atoms. The third-order valence-corrected chi connectivity index (χ3v) is 5.82. The van der Waals surface area contributed by atoms with E-state index in [0.29, 0.717) is 31.7 Å². The number of aromatic nitrogens is 2. The number of benzene rings is 1. The highest BCUT2D eigenvalue weighted by molar-refractivity contribution is 7.89. The van der Waals surface area contributed by atoms with Gasteiger partial charge in [-0.15, -0.1) is 0 Å². The van der Waals surface area contributed by atoms with Gasteiger partial charge in [0, 0.05) is 18.4 Å². The molecule has 0 spiro atoms. The Balaban J connectivity index is 1.57. The van der Waals surface area contributed by atoms with Gasteiger partial charge >= 0.3 is 6.01 Å². The van der Waals surface area contributed by atoms with Crippen LogP contribution in [0.25, 0.3) is 0 Å². The molecule has 134 valence electrons. The Morgan fingerprint density at radius 3 is 2.48 bits per heavy atom. The number of hydrogen-bond acceptors (Lipinski definition) is 5. The summed E-state index contributed by atoms with van der Waals surface area (Å²) in [5.74, 6) is -0.651. The van der Waals surface area contributed by atoms with Crippen molar-refractivity contribution in [1.82, 2.24) is 14.7 Å². The van der Waals surface area contributed by atoms with Crippen LogP contribution in [0.15, 0.2) is 41.6 Å². The van der Waals surface area contributed by atoms with Crippen molar-refractivity contribution in [2.45, 2.75) is 42.7 Å². The van der Waals surface area contributed by atoms with Crippen LogP contribution in [-0.4, -0.2) is 30.5 Å². The number of nitrogens with one attached hydrogen (secondary N) is 1. The SMILES string of the molecule is O=S(=O)(NC1CCC(Oc2ncccn2)CC1)c1ccc(F)c(Cl)c1. The highest BCUT2D eigenvalue weighted by Crippen LogP contribution is 2.24. The minimum Gasteiger partial charge on any atom is -0.460 e. The third kappa shape index (κ3) is 4.65. The molecule has 1 aliphatic rings. The monoisotopic (exact) mass is 385 g/mol. The molecule has 1 N–H and O–H groups in total. The molecule has 1 saturated carbocycles. The molecule has 1 heterocycles. The summed E-state index contributed by atoms with van der Waals surface area (Å²) in [7, 11) is -3.74. The molecule has 0 amide bonds. The van der Waals surface area contributed by atoms with Crippen molar-refractivity contribution in [3.8, 4) is 6.01 Å². The number of rotatable bonds is 5. The van der Waals surface area contributed by atoms with E-state index < -0.39 is 15.8 Å². The summed E-state index contributed by atoms with van der Waals surface area (Å²) in [5.41, 5.74) is 0. The maximum Gasteiger partial charge on any atom is 0.316 e. The van der Waals surface area contributed by atoms with Crippen LogP contribution in [0.5, 0.6) is 6.01 Å². The van der Waals surface area contributed by atoms with Crippen LogP contribution in [0.3, 0.4) is 0 Å². The van der Waals surface area contributed by atoms with Crippen LogP contribution < -0.4 is 9.46 Å². The van der Waals surface area contributed by atoms with Crippen molar-refractivity contribution in [3.63, 3.8) is 0 Å². The molecule has 1 aromatic heterocycles. The summed E-state index contributed by atoms with van der Waals surface area (Å²) in [4.78, 5) is 7.99. The predicted octanol–water partition coefficient (Wildman–Crippen LogP) is 2.94. The second-order valence-electron chi connectivity index (χ2n) is 5.82. The summed E-state index contributed by atoms with van der Waals surface area (Å²) in [6.07, 6.45) is 5.82. The Kier molecular flexibility index (Phi) is 5.51. The number of hydrogen-bond donors (Lipinski definition) is 1. The zero-order valence-electron chi connectivity index (χ0n) is 13.2. The lowest BCUT2D eigenvalue weighted by molar-refractivity contribution is 0.132. The molecule has 0 radical (unpaired) electrons. The Morgan fingerprint density at radius 2 is 1.84 bits per heavy atom. The summed E-state index contributed by atoms with van der Waals surface area (Å²) in [5, 5.41) is -0.220. The van der Waals surface area contributed by atoms with Crippen molar-refractivity contribution >= 4 is 21.6 Å². The Labute approximate surface area is 150 Å². The predicted molar refractivity (Wildman–Crippen MR) is 90.4 cm³/mol. The zero-order chi connectivity index (χ0) is 17.9. The molecule has 0 atom stereocenters. The maximum atomic E-state index is 13.2. The number of nitrogens with zero attached hydrogens (tertiary/aromatic N) is 2. The van der Waals surface area contributed by atoms with Gasteiger partial charge in [0.15, 0.2) is 0 Å². The zero-order valence-corrected chi connectivity index (χ0v) is 14.8. The third-order valence-electron chi connectivity index (χ3n) is 4.01. The molecule has 1 aromatic carbocycles. The molecular weight excluding hydrogens is 369 g/mol. The van der Waals surface area contributed by atoms with Crippen molar-refractivity contribution in [2.75, 3.05) is 0 Å². The molecule has 3 rings (SSSR count). The summed E-state index contributed by atoms with van der Waals surface area (Å²) in [6, 6.07) is 5.19. The van der Waals surface area contributed by atoms with Gasteiger partial charge in [-0.2, -0.15) is 0 Å². The van der Waals surface area contributed by atoms with Crippen LogP contribution in [0.1, 0.15) is 25.7 Å². The lowest BCUT2D eigenvalue weighted by Gasteiger charge is -2.28. The topological polar surface area (TPSA) is 81.2 Å². The van der Waals surface area contributed by atoms with E-state index in [9.17, 15) is 12.8 Å². The smallest absolute Gasteiger partial charge is 0.316 e.